The predicted molar refractivity (Wildman–Crippen MR) is 79.6 cm³/mol. The number of carbonyl (C=O) groups is 2. The van der Waals surface area contributed by atoms with E-state index in [1.165, 1.54) is 30.5 Å². The second-order valence-corrected chi connectivity index (χ2v) is 4.71. The van der Waals surface area contributed by atoms with Crippen LogP contribution in [0.3, 0.4) is 0 Å². The third kappa shape index (κ3) is 3.84. The second kappa shape index (κ2) is 6.43. The van der Waals surface area contributed by atoms with Crippen LogP contribution in [-0.2, 0) is 9.59 Å². The van der Waals surface area contributed by atoms with Gasteiger partial charge in [-0.1, -0.05) is 23.2 Å². The lowest BCUT2D eigenvalue weighted by molar-refractivity contribution is -0.133. The van der Waals surface area contributed by atoms with E-state index in [0.29, 0.717) is 5.02 Å². The highest BCUT2D eigenvalue weighted by molar-refractivity contribution is 6.44. The Morgan fingerprint density at radius 2 is 1.71 bits per heavy atom. The molecule has 1 aromatic heterocycles. The average molecular weight is 326 g/mol. The number of amides is 2. The van der Waals surface area contributed by atoms with Gasteiger partial charge in [-0.25, -0.2) is 4.98 Å². The summed E-state index contributed by atoms with van der Waals surface area (Å²) >= 11 is 11.5. The Bertz CT molecular complexity index is 707. The Morgan fingerprint density at radius 3 is 2.38 bits per heavy atom. The van der Waals surface area contributed by atoms with Crippen LogP contribution in [0.2, 0.25) is 10.2 Å². The zero-order valence-corrected chi connectivity index (χ0v) is 11.9. The molecule has 6 nitrogen and oxygen atoms in total. The van der Waals surface area contributed by atoms with Gasteiger partial charge in [0.15, 0.2) is 5.15 Å². The van der Waals surface area contributed by atoms with Crippen LogP contribution in [-0.4, -0.2) is 21.9 Å². The number of nitrogens with one attached hydrogen (secondary N) is 2. The van der Waals surface area contributed by atoms with Crippen LogP contribution in [0.15, 0.2) is 36.5 Å². The van der Waals surface area contributed by atoms with Crippen LogP contribution in [0.4, 0.5) is 11.4 Å². The highest BCUT2D eigenvalue weighted by atomic mass is 35.5. The quantitative estimate of drug-likeness (QED) is 0.449. The molecule has 0 atom stereocenters. The van der Waals surface area contributed by atoms with E-state index in [4.69, 9.17) is 23.2 Å². The highest BCUT2D eigenvalue weighted by Gasteiger charge is 2.17. The van der Waals surface area contributed by atoms with E-state index in [-0.39, 0.29) is 22.3 Å². The van der Waals surface area contributed by atoms with Crippen LogP contribution in [0.1, 0.15) is 0 Å². The number of carbonyl (C=O) groups excluding carboxylic acids is 2. The van der Waals surface area contributed by atoms with Gasteiger partial charge in [0.05, 0.1) is 11.4 Å². The summed E-state index contributed by atoms with van der Waals surface area (Å²) < 4.78 is 0. The van der Waals surface area contributed by atoms with E-state index in [9.17, 15) is 14.7 Å². The molecule has 8 heteroatoms. The summed E-state index contributed by atoms with van der Waals surface area (Å²) in [5, 5.41) is 14.5. The Morgan fingerprint density at radius 1 is 1.05 bits per heavy atom. The van der Waals surface area contributed by atoms with Crippen molar-refractivity contribution >= 4 is 46.4 Å². The Kier molecular flexibility index (Phi) is 4.62. The third-order valence-corrected chi connectivity index (χ3v) is 2.96. The summed E-state index contributed by atoms with van der Waals surface area (Å²) in [6.45, 7) is 0. The Labute approximate surface area is 129 Å². The van der Waals surface area contributed by atoms with Gasteiger partial charge in [-0.3, -0.25) is 9.59 Å². The van der Waals surface area contributed by atoms with Gasteiger partial charge >= 0.3 is 11.8 Å². The number of rotatable bonds is 2. The maximum Gasteiger partial charge on any atom is 0.314 e. The first-order chi connectivity index (χ1) is 9.97. The zero-order chi connectivity index (χ0) is 15.4. The van der Waals surface area contributed by atoms with E-state index >= 15 is 0 Å². The van der Waals surface area contributed by atoms with Gasteiger partial charge in [-0.05, 0) is 30.3 Å². The van der Waals surface area contributed by atoms with Crippen LogP contribution in [0.5, 0.6) is 5.75 Å². The summed E-state index contributed by atoms with van der Waals surface area (Å²) in [5.41, 5.74) is 0.231. The SMILES string of the molecule is O=C(Nc1cc(Cl)ccc1O)C(=O)Nc1cccnc1Cl. The number of aromatic nitrogens is 1. The molecule has 2 amide bonds. The van der Waals surface area contributed by atoms with Crippen molar-refractivity contribution in [2.45, 2.75) is 0 Å². The Balaban J connectivity index is 2.08. The molecule has 0 saturated heterocycles. The minimum atomic E-state index is -0.979. The van der Waals surface area contributed by atoms with Crippen molar-refractivity contribution in [3.8, 4) is 5.75 Å². The summed E-state index contributed by atoms with van der Waals surface area (Å²) in [6, 6.07) is 7.12. The van der Waals surface area contributed by atoms with Gasteiger partial charge in [0.1, 0.15) is 5.75 Å². The van der Waals surface area contributed by atoms with E-state index in [0.717, 1.165) is 0 Å². The van der Waals surface area contributed by atoms with E-state index < -0.39 is 11.8 Å². The van der Waals surface area contributed by atoms with Crippen molar-refractivity contribution in [2.24, 2.45) is 0 Å². The van der Waals surface area contributed by atoms with Crippen molar-refractivity contribution in [2.75, 3.05) is 10.6 Å². The molecule has 21 heavy (non-hydrogen) atoms. The lowest BCUT2D eigenvalue weighted by atomic mass is 10.3. The van der Waals surface area contributed by atoms with Crippen LogP contribution in [0.25, 0.3) is 0 Å². The van der Waals surface area contributed by atoms with Crippen LogP contribution in [0, 0.1) is 0 Å². The average Bonchev–Trinajstić information content (AvgIpc) is 2.45. The van der Waals surface area contributed by atoms with Crippen molar-refractivity contribution in [1.29, 1.82) is 0 Å². The predicted octanol–water partition coefficient (Wildman–Crippen LogP) is 2.67. The maximum absolute atomic E-state index is 11.8. The maximum atomic E-state index is 11.8. The lowest BCUT2D eigenvalue weighted by Crippen LogP contribution is -2.29. The van der Waals surface area contributed by atoms with E-state index in [2.05, 4.69) is 15.6 Å². The molecule has 0 fully saturated rings. The van der Waals surface area contributed by atoms with Gasteiger partial charge in [0, 0.05) is 11.2 Å². The van der Waals surface area contributed by atoms with Gasteiger partial charge in [-0.15, -0.1) is 0 Å². The minimum absolute atomic E-state index is 0.0277. The van der Waals surface area contributed by atoms with Gasteiger partial charge in [0.25, 0.3) is 0 Å². The van der Waals surface area contributed by atoms with Crippen molar-refractivity contribution < 1.29 is 14.7 Å². The molecule has 2 aromatic rings. The molecule has 0 aliphatic heterocycles. The Hall–Kier alpha value is -2.31. The lowest BCUT2D eigenvalue weighted by Gasteiger charge is -2.08. The summed E-state index contributed by atoms with van der Waals surface area (Å²) in [4.78, 5) is 27.3. The second-order valence-electron chi connectivity index (χ2n) is 3.91. The van der Waals surface area contributed by atoms with Crippen molar-refractivity contribution in [3.63, 3.8) is 0 Å². The molecule has 2 rings (SSSR count). The third-order valence-electron chi connectivity index (χ3n) is 2.42. The highest BCUT2D eigenvalue weighted by Crippen LogP contribution is 2.26. The van der Waals surface area contributed by atoms with E-state index in [1.807, 2.05) is 0 Å². The van der Waals surface area contributed by atoms with Crippen LogP contribution < -0.4 is 10.6 Å². The first-order valence-electron chi connectivity index (χ1n) is 5.69. The van der Waals surface area contributed by atoms with Crippen molar-refractivity contribution in [3.05, 3.63) is 46.7 Å². The number of phenols is 1. The van der Waals surface area contributed by atoms with Crippen LogP contribution >= 0.6 is 23.2 Å². The summed E-state index contributed by atoms with van der Waals surface area (Å²) in [7, 11) is 0. The van der Waals surface area contributed by atoms with Gasteiger partial charge in [0.2, 0.25) is 0 Å². The largest absolute Gasteiger partial charge is 0.506 e. The fourth-order valence-corrected chi connectivity index (χ4v) is 1.78. The molecule has 1 heterocycles. The number of hydrogen-bond donors (Lipinski definition) is 3. The number of hydrogen-bond acceptors (Lipinski definition) is 4. The molecule has 108 valence electrons. The molecule has 0 spiro atoms. The molecule has 0 aliphatic carbocycles. The first kappa shape index (κ1) is 15.1. The molecule has 0 radical (unpaired) electrons. The molecular formula is C13H9Cl2N3O3. The molecule has 0 saturated carbocycles. The number of phenolic OH excluding ortho intramolecular Hbond substituents is 1. The van der Waals surface area contributed by atoms with Crippen molar-refractivity contribution in [1.82, 2.24) is 4.98 Å². The number of benzene rings is 1. The first-order valence-corrected chi connectivity index (χ1v) is 6.44. The molecule has 0 unspecified atom stereocenters. The smallest absolute Gasteiger partial charge is 0.314 e. The topological polar surface area (TPSA) is 91.3 Å². The van der Waals surface area contributed by atoms with E-state index in [1.54, 1.807) is 6.07 Å². The number of halogens is 2. The summed E-state index contributed by atoms with van der Waals surface area (Å²) in [6.07, 6.45) is 1.45. The normalized spacial score (nSPS) is 10.0. The minimum Gasteiger partial charge on any atom is -0.506 e. The van der Waals surface area contributed by atoms with Gasteiger partial charge in [-0.2, -0.15) is 0 Å². The molecule has 0 aliphatic rings. The standard InChI is InChI=1S/C13H9Cl2N3O3/c14-7-3-4-10(19)9(6-7)18-13(21)12(20)17-8-2-1-5-16-11(8)15/h1-6,19H,(H,17,20)(H,18,21). The van der Waals surface area contributed by atoms with Gasteiger partial charge < -0.3 is 15.7 Å². The summed E-state index contributed by atoms with van der Waals surface area (Å²) in [5.74, 6) is -2.14. The number of pyridine rings is 1. The molecule has 3 N–H and O–H groups in total. The zero-order valence-electron chi connectivity index (χ0n) is 10.4. The monoisotopic (exact) mass is 325 g/mol. The molecular weight excluding hydrogens is 317 g/mol. The molecule has 0 bridgehead atoms. The number of nitrogens with zero attached hydrogens (tertiary/aromatic N) is 1. The number of anilines is 2. The fourth-order valence-electron chi connectivity index (χ4n) is 1.45. The fraction of sp³-hybridized carbons (Fsp3) is 0. The number of aromatic hydroxyl groups is 1. The molecule has 1 aromatic carbocycles.